The van der Waals surface area contributed by atoms with Gasteiger partial charge in [0.15, 0.2) is 5.78 Å². The molecule has 0 bridgehead atoms. The molecule has 2 aliphatic rings. The third-order valence-electron chi connectivity index (χ3n) is 7.90. The zero-order valence-corrected chi connectivity index (χ0v) is 25.2. The Balaban J connectivity index is 1.85. The van der Waals surface area contributed by atoms with E-state index in [9.17, 15) is 28.9 Å². The fraction of sp³-hybridized carbons (Fsp3) is 0.406. The molecule has 2 aliphatic heterocycles. The van der Waals surface area contributed by atoms with Gasteiger partial charge in [0.25, 0.3) is 5.69 Å². The predicted molar refractivity (Wildman–Crippen MR) is 158 cm³/mol. The van der Waals surface area contributed by atoms with Crippen molar-refractivity contribution in [2.24, 2.45) is 5.92 Å². The molecular weight excluding hydrogens is 573 g/mol. The summed E-state index contributed by atoms with van der Waals surface area (Å²) in [6.07, 6.45) is 0.902. The first-order valence-electron chi connectivity index (χ1n) is 14.5. The number of carbonyl (C=O) groups is 3. The summed E-state index contributed by atoms with van der Waals surface area (Å²) in [4.78, 5) is 55.3. The number of allylic oxidation sites excluding steroid dienone is 1. The van der Waals surface area contributed by atoms with Crippen LogP contribution in [-0.4, -0.2) is 72.6 Å². The van der Waals surface area contributed by atoms with Crippen LogP contribution in [0.3, 0.4) is 0 Å². The highest BCUT2D eigenvalue weighted by molar-refractivity contribution is 6.00. The number of nitrogens with zero attached hydrogens (tertiary/aromatic N) is 3. The number of hydrogen-bond donors (Lipinski definition) is 0. The van der Waals surface area contributed by atoms with Gasteiger partial charge in [0.1, 0.15) is 18.4 Å². The highest BCUT2D eigenvalue weighted by Gasteiger charge is 2.44. The van der Waals surface area contributed by atoms with Gasteiger partial charge in [-0.25, -0.2) is 14.0 Å². The average molecular weight is 610 g/mol. The largest absolute Gasteiger partial charge is 0.466 e. The van der Waals surface area contributed by atoms with Crippen molar-refractivity contribution in [1.82, 2.24) is 9.80 Å². The van der Waals surface area contributed by atoms with E-state index in [0.717, 1.165) is 0 Å². The molecule has 1 saturated heterocycles. The highest BCUT2D eigenvalue weighted by atomic mass is 19.1. The Kier molecular flexibility index (Phi) is 10.5. The van der Waals surface area contributed by atoms with Crippen LogP contribution >= 0.6 is 0 Å². The molecular formula is C32H36FN3O8. The molecule has 2 aromatic carbocycles. The Hall–Kier alpha value is -4.58. The molecule has 2 aromatic rings. The van der Waals surface area contributed by atoms with Crippen LogP contribution < -0.4 is 0 Å². The number of hydrogen-bond acceptors (Lipinski definition) is 10. The minimum Gasteiger partial charge on any atom is -0.466 e. The molecule has 12 heteroatoms. The number of esters is 2. The number of piperidine rings is 1. The van der Waals surface area contributed by atoms with Crippen LogP contribution in [0.1, 0.15) is 55.5 Å². The first-order valence-corrected chi connectivity index (χ1v) is 14.5. The fourth-order valence-corrected chi connectivity index (χ4v) is 5.76. The summed E-state index contributed by atoms with van der Waals surface area (Å²) in [5, 5.41) is 11.7. The first kappa shape index (κ1) is 32.3. The van der Waals surface area contributed by atoms with Crippen LogP contribution in [0.5, 0.6) is 0 Å². The number of nitro benzene ring substituents is 1. The quantitative estimate of drug-likeness (QED) is 0.149. The first-order chi connectivity index (χ1) is 21.1. The third-order valence-corrected chi connectivity index (χ3v) is 7.90. The van der Waals surface area contributed by atoms with Gasteiger partial charge in [-0.1, -0.05) is 12.1 Å². The molecule has 0 spiro atoms. The van der Waals surface area contributed by atoms with Crippen molar-refractivity contribution < 1.29 is 37.9 Å². The number of carbonyl (C=O) groups excluding carboxylic acids is 3. The van der Waals surface area contributed by atoms with Gasteiger partial charge in [0.05, 0.1) is 35.7 Å². The van der Waals surface area contributed by atoms with E-state index >= 15 is 0 Å². The van der Waals surface area contributed by atoms with Crippen molar-refractivity contribution >= 4 is 23.4 Å². The molecule has 1 unspecified atom stereocenters. The lowest BCUT2D eigenvalue weighted by Crippen LogP contribution is -2.47. The standard InChI is InChI=1S/C32H36FN3O8/c1-5-43-19-35-20(3)26(31(38)42-4)27(23-8-7-9-25(18-23)36(40)41)28(32(39)44-6-2)30(35)34-16-14-22(15-17-34)29(37)21-10-12-24(33)13-11-21/h7-13,18,22,27H,5-6,14-17,19H2,1-4H3. The number of likely N-dealkylation sites (tertiary alicyclic amines) is 1. The van der Waals surface area contributed by atoms with Crippen LogP contribution in [0.25, 0.3) is 0 Å². The van der Waals surface area contributed by atoms with E-state index < -0.39 is 28.6 Å². The van der Waals surface area contributed by atoms with Crippen LogP contribution in [0, 0.1) is 21.8 Å². The van der Waals surface area contributed by atoms with E-state index in [1.165, 1.54) is 49.6 Å². The second kappa shape index (κ2) is 14.3. The monoisotopic (exact) mass is 609 g/mol. The lowest BCUT2D eigenvalue weighted by Gasteiger charge is -2.45. The third kappa shape index (κ3) is 6.65. The number of halogens is 1. The number of rotatable bonds is 11. The number of benzene rings is 2. The van der Waals surface area contributed by atoms with Crippen molar-refractivity contribution in [3.05, 3.63) is 98.3 Å². The minimum atomic E-state index is -1.05. The van der Waals surface area contributed by atoms with Crippen molar-refractivity contribution in [1.29, 1.82) is 0 Å². The van der Waals surface area contributed by atoms with Crippen LogP contribution in [0.4, 0.5) is 10.1 Å². The Labute approximate surface area is 255 Å². The summed E-state index contributed by atoms with van der Waals surface area (Å²) in [7, 11) is 1.23. The normalized spacial score (nSPS) is 17.5. The molecule has 0 aliphatic carbocycles. The van der Waals surface area contributed by atoms with Crippen molar-refractivity contribution in [3.8, 4) is 0 Å². The molecule has 44 heavy (non-hydrogen) atoms. The molecule has 234 valence electrons. The van der Waals surface area contributed by atoms with Gasteiger partial charge in [-0.15, -0.1) is 0 Å². The zero-order valence-electron chi connectivity index (χ0n) is 25.2. The summed E-state index contributed by atoms with van der Waals surface area (Å²) < 4.78 is 29.9. The van der Waals surface area contributed by atoms with Gasteiger partial charge in [0.2, 0.25) is 0 Å². The molecule has 0 amide bonds. The van der Waals surface area contributed by atoms with Crippen molar-refractivity contribution in [3.63, 3.8) is 0 Å². The maximum Gasteiger partial charge on any atom is 0.338 e. The summed E-state index contributed by atoms with van der Waals surface area (Å²) in [6.45, 7) is 6.34. The number of non-ortho nitro benzene ring substituents is 1. The number of nitro groups is 1. The van der Waals surface area contributed by atoms with Gasteiger partial charge in [-0.2, -0.15) is 0 Å². The zero-order chi connectivity index (χ0) is 32.0. The summed E-state index contributed by atoms with van der Waals surface area (Å²) in [5.74, 6) is -2.84. The Morgan fingerprint density at radius 2 is 1.68 bits per heavy atom. The molecule has 2 heterocycles. The maximum absolute atomic E-state index is 13.9. The molecule has 0 saturated carbocycles. The SMILES string of the molecule is CCOCN1C(C)=C(C(=O)OC)C(c2cccc([N+](=O)[O-])c2)C(C(=O)OCC)=C1N1CCC(C(=O)c2ccc(F)cc2)CC1. The van der Waals surface area contributed by atoms with Crippen molar-refractivity contribution in [2.45, 2.75) is 39.5 Å². The van der Waals surface area contributed by atoms with Crippen LogP contribution in [0.15, 0.2) is 71.2 Å². The highest BCUT2D eigenvalue weighted by Crippen LogP contribution is 2.45. The van der Waals surface area contributed by atoms with E-state index in [1.54, 1.807) is 24.8 Å². The number of ether oxygens (including phenoxy) is 3. The van der Waals surface area contributed by atoms with Gasteiger partial charge < -0.3 is 24.0 Å². The molecule has 0 aromatic heterocycles. The van der Waals surface area contributed by atoms with Crippen LogP contribution in [-0.2, 0) is 23.8 Å². The van der Waals surface area contributed by atoms with Gasteiger partial charge in [-0.05, 0) is 63.4 Å². The number of Topliss-reactive ketones (excluding diaryl/α,β-unsaturated/α-hetero) is 1. The summed E-state index contributed by atoms with van der Waals surface area (Å²) >= 11 is 0. The second-order valence-electron chi connectivity index (χ2n) is 10.4. The fourth-order valence-electron chi connectivity index (χ4n) is 5.76. The predicted octanol–water partition coefficient (Wildman–Crippen LogP) is 4.94. The van der Waals surface area contributed by atoms with E-state index in [2.05, 4.69) is 0 Å². The number of ketones is 1. The molecule has 11 nitrogen and oxygen atoms in total. The smallest absolute Gasteiger partial charge is 0.338 e. The lowest BCUT2D eigenvalue weighted by atomic mass is 9.80. The van der Waals surface area contributed by atoms with E-state index in [0.29, 0.717) is 55.2 Å². The maximum atomic E-state index is 13.9. The van der Waals surface area contributed by atoms with Crippen LogP contribution in [0.2, 0.25) is 0 Å². The summed E-state index contributed by atoms with van der Waals surface area (Å²) in [6, 6.07) is 11.3. The van der Waals surface area contributed by atoms with E-state index in [-0.39, 0.29) is 41.9 Å². The Bertz CT molecular complexity index is 1480. The lowest BCUT2D eigenvalue weighted by molar-refractivity contribution is -0.384. The summed E-state index contributed by atoms with van der Waals surface area (Å²) in [5.41, 5.74) is 1.26. The number of methoxy groups -OCH3 is 1. The van der Waals surface area contributed by atoms with Gasteiger partial charge >= 0.3 is 11.9 Å². The van der Waals surface area contributed by atoms with Gasteiger partial charge in [0, 0.05) is 49.0 Å². The molecule has 0 N–H and O–H groups in total. The second-order valence-corrected chi connectivity index (χ2v) is 10.4. The topological polar surface area (TPSA) is 129 Å². The minimum absolute atomic E-state index is 0.00282. The average Bonchev–Trinajstić information content (AvgIpc) is 3.03. The Morgan fingerprint density at radius 3 is 2.27 bits per heavy atom. The molecule has 1 atom stereocenters. The van der Waals surface area contributed by atoms with E-state index in [4.69, 9.17) is 14.2 Å². The molecule has 1 fully saturated rings. The van der Waals surface area contributed by atoms with E-state index in [1.807, 2.05) is 11.8 Å². The molecule has 0 radical (unpaired) electrons. The van der Waals surface area contributed by atoms with Gasteiger partial charge in [-0.3, -0.25) is 14.9 Å². The van der Waals surface area contributed by atoms with Crippen molar-refractivity contribution in [2.75, 3.05) is 40.1 Å². The molecule has 4 rings (SSSR count). The Morgan fingerprint density at radius 1 is 1.00 bits per heavy atom.